The molecule has 2 aliphatic heterocycles. The third kappa shape index (κ3) is 14.9. The molecule has 0 atom stereocenters. The highest BCUT2D eigenvalue weighted by Gasteiger charge is 2.46. The summed E-state index contributed by atoms with van der Waals surface area (Å²) in [5, 5.41) is 2.23. The Balaban J connectivity index is 1.08. The van der Waals surface area contributed by atoms with Crippen LogP contribution in [0, 0.1) is 0 Å². The fourth-order valence-corrected chi connectivity index (χ4v) is 17.7. The first-order chi connectivity index (χ1) is 62.0. The molecule has 0 saturated heterocycles. The number of hydrogen-bond donors (Lipinski definition) is 0. The van der Waals surface area contributed by atoms with E-state index < -0.39 is 72.6 Å². The lowest BCUT2D eigenvalue weighted by Crippen LogP contribution is -2.61. The van der Waals surface area contributed by atoms with Gasteiger partial charge in [-0.3, -0.25) is 0 Å². The SMILES string of the molecule is [2H]c1c([2H])c([2H])c(-c2nc(-c3cc(C(C)(C)C)cc(-c4ccccc4)c3N3c4cc(-n5c6ccc(C(C)(C)C)cc6c6cc(C(C)(C)C)ccc65)ccc4B4c5ccc(-c6cc(C(C)(C)C)cc(C(C)(C)C)c6)cc5N(c5ccc(-c6ccccc6)cc5-c5ccccc5)c5cc(-c6cc(C(C)(C)C)cc(C(C)(C)C)c6)cc3c54)nc(-c3c([2H])c([2H])c([2H])c([2H])c3[2H])n2)c([2H])c1[2H]. The van der Waals surface area contributed by atoms with Gasteiger partial charge < -0.3 is 14.4 Å². The molecule has 0 saturated carbocycles. The lowest BCUT2D eigenvalue weighted by molar-refractivity contribution is 0.568. The van der Waals surface area contributed by atoms with Gasteiger partial charge in [-0.1, -0.05) is 370 Å². The molecule has 14 aromatic carbocycles. The molecule has 2 aromatic heterocycles. The van der Waals surface area contributed by atoms with Crippen LogP contribution < -0.4 is 26.2 Å². The highest BCUT2D eigenvalue weighted by Crippen LogP contribution is 2.55. The van der Waals surface area contributed by atoms with Gasteiger partial charge in [0.05, 0.1) is 36.1 Å². The van der Waals surface area contributed by atoms with E-state index in [0.29, 0.717) is 11.3 Å². The van der Waals surface area contributed by atoms with Crippen molar-refractivity contribution in [1.29, 1.82) is 0 Å². The van der Waals surface area contributed by atoms with Crippen molar-refractivity contribution in [1.82, 2.24) is 19.5 Å². The minimum Gasteiger partial charge on any atom is -0.311 e. The molecule has 0 bridgehead atoms. The maximum atomic E-state index is 9.75. The standard InChI is InChI=1S/C115H113BN6/c1-109(2,3)82-49-55-98-92(67-82)93-68-83(110(4,5)6)50-56-99(93)120(98)89-51-53-96-101(71-89)122(105-91(74-41-31-24-32-42-74)69-88(115(19,20)21)70-94(105)108-118-106(75-43-33-25-34-44-75)117-107(119-108)76-45-35-26-36-46-76)103-64-81(80-59-86(113(13,14)15)66-87(60-80)114(16,17)18)63-102-104(103)116(96)95-52-47-78(79-57-84(111(7,8)9)65-85(58-79)112(10,11)12)62-100(95)121(102)97-54-48-77(72-37-27-22-28-38-72)61-90(97)73-39-29-23-30-40-73/h22-71H,1-21H3/i25D,26D,33D,34D,35D,36D,43D,44D,45D,46D. The number of anilines is 6. The van der Waals surface area contributed by atoms with Crippen molar-refractivity contribution in [2.24, 2.45) is 0 Å². The minimum atomic E-state index is -0.649. The second kappa shape index (κ2) is 29.7. The maximum absolute atomic E-state index is 9.75. The van der Waals surface area contributed by atoms with Crippen LogP contribution in [0.15, 0.2) is 303 Å². The molecule has 4 heterocycles. The van der Waals surface area contributed by atoms with Crippen molar-refractivity contribution in [2.45, 2.75) is 183 Å². The molecule has 0 radical (unpaired) electrons. The van der Waals surface area contributed by atoms with Crippen LogP contribution in [-0.2, 0) is 37.9 Å². The number of fused-ring (bicyclic) bond motifs is 7. The highest BCUT2D eigenvalue weighted by atomic mass is 15.2. The predicted octanol–water partition coefficient (Wildman–Crippen LogP) is 29.5. The summed E-state index contributed by atoms with van der Waals surface area (Å²) < 4.78 is 96.2. The fraction of sp³-hybridized carbons (Fsp3) is 0.243. The van der Waals surface area contributed by atoms with Gasteiger partial charge in [-0.15, -0.1) is 0 Å². The van der Waals surface area contributed by atoms with Crippen molar-refractivity contribution < 1.29 is 13.7 Å². The van der Waals surface area contributed by atoms with E-state index in [-0.39, 0.29) is 61.1 Å². The van der Waals surface area contributed by atoms with Gasteiger partial charge in [-0.2, -0.15) is 0 Å². The summed E-state index contributed by atoms with van der Waals surface area (Å²) in [6, 6.07) is 83.8. The first-order valence-electron chi connectivity index (χ1n) is 47.9. The van der Waals surface area contributed by atoms with Gasteiger partial charge in [0.15, 0.2) is 17.5 Å². The molecular weight excluding hydrogens is 1480 g/mol. The Kier molecular flexibility index (Phi) is 16.9. The highest BCUT2D eigenvalue weighted by molar-refractivity contribution is 7.00. The molecule has 18 rings (SSSR count). The molecule has 0 unspecified atom stereocenters. The Morgan fingerprint density at radius 3 is 1.11 bits per heavy atom. The van der Waals surface area contributed by atoms with Crippen LogP contribution in [0.25, 0.3) is 117 Å². The topological polar surface area (TPSA) is 50.1 Å². The Hall–Kier alpha value is -12.4. The zero-order chi connectivity index (χ0) is 94.4. The van der Waals surface area contributed by atoms with Crippen LogP contribution >= 0.6 is 0 Å². The molecule has 2 aliphatic rings. The van der Waals surface area contributed by atoms with E-state index in [1.165, 1.54) is 22.3 Å². The molecule has 606 valence electrons. The molecule has 0 N–H and O–H groups in total. The summed E-state index contributed by atoms with van der Waals surface area (Å²) in [5.74, 6) is -0.835. The molecule has 6 nitrogen and oxygen atoms in total. The van der Waals surface area contributed by atoms with Crippen molar-refractivity contribution >= 4 is 79.0 Å². The Bertz CT molecular complexity index is 7150. The van der Waals surface area contributed by atoms with Crippen LogP contribution in [0.4, 0.5) is 34.1 Å². The molecule has 0 spiro atoms. The normalized spacial score (nSPS) is 14.4. The van der Waals surface area contributed by atoms with E-state index in [1.54, 1.807) is 0 Å². The molecule has 0 aliphatic carbocycles. The summed E-state index contributed by atoms with van der Waals surface area (Å²) in [5.41, 5.74) is 26.1. The zero-order valence-corrected chi connectivity index (χ0v) is 74.4. The van der Waals surface area contributed by atoms with E-state index >= 15 is 0 Å². The number of hydrogen-bond acceptors (Lipinski definition) is 5. The van der Waals surface area contributed by atoms with Gasteiger partial charge >= 0.3 is 0 Å². The summed E-state index contributed by atoms with van der Waals surface area (Å²) in [4.78, 5) is 20.9. The fourth-order valence-electron chi connectivity index (χ4n) is 17.7. The van der Waals surface area contributed by atoms with E-state index in [9.17, 15) is 11.0 Å². The molecule has 122 heavy (non-hydrogen) atoms. The molecule has 7 heteroatoms. The number of rotatable bonds is 11. The maximum Gasteiger partial charge on any atom is 0.252 e. The lowest BCUT2D eigenvalue weighted by atomic mass is 9.33. The first kappa shape index (κ1) is 69.2. The van der Waals surface area contributed by atoms with Crippen LogP contribution in [0.2, 0.25) is 0 Å². The van der Waals surface area contributed by atoms with Crippen molar-refractivity contribution in [3.8, 4) is 95.5 Å². The first-order valence-corrected chi connectivity index (χ1v) is 42.9. The Morgan fingerprint density at radius 1 is 0.254 bits per heavy atom. The van der Waals surface area contributed by atoms with Crippen molar-refractivity contribution in [3.05, 3.63) is 342 Å². The van der Waals surface area contributed by atoms with Gasteiger partial charge in [0.2, 0.25) is 0 Å². The summed E-state index contributed by atoms with van der Waals surface area (Å²) in [7, 11) is 0. The van der Waals surface area contributed by atoms with Gasteiger partial charge in [0.25, 0.3) is 6.71 Å². The van der Waals surface area contributed by atoms with Crippen LogP contribution in [-0.4, -0.2) is 26.2 Å². The Labute approximate surface area is 738 Å². The molecule has 0 fully saturated rings. The monoisotopic (exact) mass is 1600 g/mol. The second-order valence-corrected chi connectivity index (χ2v) is 40.8. The van der Waals surface area contributed by atoms with E-state index in [4.69, 9.17) is 17.7 Å². The van der Waals surface area contributed by atoms with E-state index in [1.807, 2.05) is 18.2 Å². The van der Waals surface area contributed by atoms with E-state index in [2.05, 4.69) is 384 Å². The third-order valence-electron chi connectivity index (χ3n) is 24.8. The van der Waals surface area contributed by atoms with Crippen molar-refractivity contribution in [3.63, 3.8) is 0 Å². The Morgan fingerprint density at radius 2 is 0.631 bits per heavy atom. The number of aromatic nitrogens is 4. The van der Waals surface area contributed by atoms with Crippen LogP contribution in [0.5, 0.6) is 0 Å². The van der Waals surface area contributed by atoms with Gasteiger partial charge in [0.1, 0.15) is 0 Å². The zero-order valence-electron chi connectivity index (χ0n) is 84.4. The van der Waals surface area contributed by atoms with Crippen LogP contribution in [0.3, 0.4) is 0 Å². The number of nitrogens with zero attached hydrogens (tertiary/aromatic N) is 6. The molecule has 16 aromatic rings. The largest absolute Gasteiger partial charge is 0.311 e. The summed E-state index contributed by atoms with van der Waals surface area (Å²) in [6.07, 6.45) is 0. The minimum absolute atomic E-state index is 0.0770. The summed E-state index contributed by atoms with van der Waals surface area (Å²) >= 11 is 0. The average Bonchev–Trinajstić information content (AvgIpc) is 0.803. The lowest BCUT2D eigenvalue weighted by Gasteiger charge is -2.46. The van der Waals surface area contributed by atoms with Crippen LogP contribution in [0.1, 0.15) is 198 Å². The molecular formula is C115H113BN6. The molecule has 0 amide bonds. The smallest absolute Gasteiger partial charge is 0.252 e. The summed E-state index contributed by atoms with van der Waals surface area (Å²) in [6.45, 7) is 47.0. The predicted molar refractivity (Wildman–Crippen MR) is 523 cm³/mol. The third-order valence-corrected chi connectivity index (χ3v) is 24.8. The van der Waals surface area contributed by atoms with Crippen molar-refractivity contribution in [2.75, 3.05) is 9.80 Å². The second-order valence-electron chi connectivity index (χ2n) is 40.8. The van der Waals surface area contributed by atoms with Gasteiger partial charge in [0, 0.05) is 67.0 Å². The average molecular weight is 1600 g/mol. The van der Waals surface area contributed by atoms with Gasteiger partial charge in [-0.05, 0) is 217 Å². The quantitative estimate of drug-likeness (QED) is 0.121. The van der Waals surface area contributed by atoms with Gasteiger partial charge in [-0.25, -0.2) is 15.0 Å². The number of benzene rings is 14. The van der Waals surface area contributed by atoms with E-state index in [0.717, 1.165) is 145 Å².